The highest BCUT2D eigenvalue weighted by Gasteiger charge is 2.27. The van der Waals surface area contributed by atoms with E-state index in [0.717, 1.165) is 18.6 Å². The van der Waals surface area contributed by atoms with Gasteiger partial charge in [-0.05, 0) is 31.7 Å². The Hall–Kier alpha value is -1.78. The lowest BCUT2D eigenvalue weighted by atomic mass is 9.93. The molecule has 116 valence electrons. The maximum absolute atomic E-state index is 12.5. The minimum absolute atomic E-state index is 0.00285. The van der Waals surface area contributed by atoms with Crippen LogP contribution in [0.2, 0.25) is 0 Å². The van der Waals surface area contributed by atoms with Crippen molar-refractivity contribution in [3.05, 3.63) is 23.2 Å². The molecule has 1 aromatic rings. The number of rotatable bonds is 4. The summed E-state index contributed by atoms with van der Waals surface area (Å²) in [5, 5.41) is 8.82. The zero-order chi connectivity index (χ0) is 15.6. The van der Waals surface area contributed by atoms with Crippen LogP contribution in [0.5, 0.6) is 0 Å². The molecule has 21 heavy (non-hydrogen) atoms. The molecule has 0 spiro atoms. The summed E-state index contributed by atoms with van der Waals surface area (Å²) >= 11 is 0. The van der Waals surface area contributed by atoms with Crippen LogP contribution in [0.25, 0.3) is 0 Å². The number of carboxylic acid groups (broad SMARTS) is 1. The Morgan fingerprint density at radius 3 is 2.48 bits per heavy atom. The van der Waals surface area contributed by atoms with Crippen LogP contribution in [-0.2, 0) is 4.79 Å². The van der Waals surface area contributed by atoms with Gasteiger partial charge in [-0.1, -0.05) is 13.8 Å². The lowest BCUT2D eigenvalue weighted by Crippen LogP contribution is -2.39. The normalized spacial score (nSPS) is 16.5. The molecule has 0 radical (unpaired) electrons. The number of carboxylic acids is 1. The van der Waals surface area contributed by atoms with Crippen LogP contribution in [0.3, 0.4) is 0 Å². The largest absolute Gasteiger partial charge is 0.481 e. The van der Waals surface area contributed by atoms with Crippen molar-refractivity contribution in [2.75, 3.05) is 13.1 Å². The smallest absolute Gasteiger partial charge is 0.303 e. The summed E-state index contributed by atoms with van der Waals surface area (Å²) in [6.07, 6.45) is 1.71. The van der Waals surface area contributed by atoms with Crippen molar-refractivity contribution in [3.8, 4) is 0 Å². The summed E-state index contributed by atoms with van der Waals surface area (Å²) in [5.41, 5.74) is 0.635. The molecule has 1 N–H and O–H groups in total. The second kappa shape index (κ2) is 6.33. The number of likely N-dealkylation sites (tertiary alicyclic amines) is 1. The fraction of sp³-hybridized carbons (Fsp3) is 0.625. The van der Waals surface area contributed by atoms with Crippen LogP contribution < -0.4 is 0 Å². The fourth-order valence-electron chi connectivity index (χ4n) is 2.76. The number of hydrogen-bond donors (Lipinski definition) is 1. The second-order valence-electron chi connectivity index (χ2n) is 6.11. The van der Waals surface area contributed by atoms with Crippen molar-refractivity contribution in [3.63, 3.8) is 0 Å². The SMILES string of the molecule is Cc1oc(C(C)C)cc1C(=O)N1CCC(CC(=O)O)CC1. The summed E-state index contributed by atoms with van der Waals surface area (Å²) in [7, 11) is 0. The van der Waals surface area contributed by atoms with E-state index in [-0.39, 0.29) is 24.2 Å². The molecular formula is C16H23NO4. The molecular weight excluding hydrogens is 270 g/mol. The molecule has 2 heterocycles. The Bertz CT molecular complexity index is 524. The molecule has 1 aliphatic rings. The number of carbonyl (C=O) groups is 2. The van der Waals surface area contributed by atoms with Gasteiger partial charge in [-0.25, -0.2) is 0 Å². The maximum atomic E-state index is 12.5. The second-order valence-corrected chi connectivity index (χ2v) is 6.11. The van der Waals surface area contributed by atoms with E-state index in [1.807, 2.05) is 26.8 Å². The third-order valence-electron chi connectivity index (χ3n) is 4.10. The lowest BCUT2D eigenvalue weighted by Gasteiger charge is -2.31. The molecule has 1 amide bonds. The van der Waals surface area contributed by atoms with Crippen molar-refractivity contribution in [1.82, 2.24) is 4.90 Å². The Balaban J connectivity index is 2.00. The quantitative estimate of drug-likeness (QED) is 0.926. The van der Waals surface area contributed by atoms with E-state index in [4.69, 9.17) is 9.52 Å². The topological polar surface area (TPSA) is 70.8 Å². The van der Waals surface area contributed by atoms with Gasteiger partial charge in [-0.3, -0.25) is 9.59 Å². The van der Waals surface area contributed by atoms with E-state index >= 15 is 0 Å². The standard InChI is InChI=1S/C16H23NO4/c1-10(2)14-9-13(11(3)21-14)16(20)17-6-4-12(5-7-17)8-15(18)19/h9-10,12H,4-8H2,1-3H3,(H,18,19). The van der Waals surface area contributed by atoms with Gasteiger partial charge in [0.15, 0.2) is 0 Å². The predicted molar refractivity (Wildman–Crippen MR) is 78.4 cm³/mol. The van der Waals surface area contributed by atoms with Gasteiger partial charge in [0.05, 0.1) is 5.56 Å². The van der Waals surface area contributed by atoms with Crippen molar-refractivity contribution in [1.29, 1.82) is 0 Å². The summed E-state index contributed by atoms with van der Waals surface area (Å²) in [6.45, 7) is 7.13. The highest BCUT2D eigenvalue weighted by atomic mass is 16.4. The molecule has 0 bridgehead atoms. The Labute approximate surface area is 124 Å². The highest BCUT2D eigenvalue weighted by Crippen LogP contribution is 2.26. The Morgan fingerprint density at radius 1 is 1.38 bits per heavy atom. The van der Waals surface area contributed by atoms with E-state index in [1.165, 1.54) is 0 Å². The van der Waals surface area contributed by atoms with E-state index in [0.29, 0.717) is 24.4 Å². The van der Waals surface area contributed by atoms with Gasteiger partial charge in [0.25, 0.3) is 5.91 Å². The van der Waals surface area contributed by atoms with E-state index in [9.17, 15) is 9.59 Å². The summed E-state index contributed by atoms with van der Waals surface area (Å²) in [6, 6.07) is 1.84. The first kappa shape index (κ1) is 15.6. The summed E-state index contributed by atoms with van der Waals surface area (Å²) in [5.74, 6) is 1.17. The van der Waals surface area contributed by atoms with Crippen LogP contribution in [-0.4, -0.2) is 35.0 Å². The number of amides is 1. The average molecular weight is 293 g/mol. The van der Waals surface area contributed by atoms with Crippen molar-refractivity contribution in [2.24, 2.45) is 5.92 Å². The summed E-state index contributed by atoms with van der Waals surface area (Å²) < 4.78 is 5.64. The molecule has 2 rings (SSSR count). The molecule has 1 fully saturated rings. The van der Waals surface area contributed by atoms with E-state index < -0.39 is 5.97 Å². The maximum Gasteiger partial charge on any atom is 0.303 e. The fourth-order valence-corrected chi connectivity index (χ4v) is 2.76. The molecule has 0 aromatic carbocycles. The van der Waals surface area contributed by atoms with Gasteiger partial charge in [0.1, 0.15) is 11.5 Å². The first-order valence-corrected chi connectivity index (χ1v) is 7.50. The first-order valence-electron chi connectivity index (χ1n) is 7.50. The molecule has 0 saturated carbocycles. The number of carbonyl (C=O) groups excluding carboxylic acids is 1. The molecule has 0 aliphatic carbocycles. The Morgan fingerprint density at radius 2 is 2.00 bits per heavy atom. The minimum Gasteiger partial charge on any atom is -0.481 e. The number of nitrogens with zero attached hydrogens (tertiary/aromatic N) is 1. The van der Waals surface area contributed by atoms with Crippen LogP contribution in [0.1, 0.15) is 60.9 Å². The molecule has 1 aliphatic heterocycles. The highest BCUT2D eigenvalue weighted by molar-refractivity contribution is 5.95. The van der Waals surface area contributed by atoms with E-state index in [2.05, 4.69) is 0 Å². The van der Waals surface area contributed by atoms with Crippen LogP contribution in [0, 0.1) is 12.8 Å². The van der Waals surface area contributed by atoms with Gasteiger partial charge >= 0.3 is 5.97 Å². The van der Waals surface area contributed by atoms with Crippen LogP contribution in [0.15, 0.2) is 10.5 Å². The molecule has 1 aromatic heterocycles. The first-order chi connectivity index (χ1) is 9.88. The van der Waals surface area contributed by atoms with Crippen molar-refractivity contribution in [2.45, 2.75) is 46.0 Å². The summed E-state index contributed by atoms with van der Waals surface area (Å²) in [4.78, 5) is 25.1. The van der Waals surface area contributed by atoms with Gasteiger partial charge in [-0.2, -0.15) is 0 Å². The van der Waals surface area contributed by atoms with Gasteiger partial charge in [-0.15, -0.1) is 0 Å². The molecule has 5 heteroatoms. The zero-order valence-electron chi connectivity index (χ0n) is 12.9. The number of hydrogen-bond acceptors (Lipinski definition) is 3. The average Bonchev–Trinajstić information content (AvgIpc) is 2.80. The minimum atomic E-state index is -0.757. The van der Waals surface area contributed by atoms with Crippen LogP contribution >= 0.6 is 0 Å². The number of piperidine rings is 1. The van der Waals surface area contributed by atoms with Gasteiger partial charge < -0.3 is 14.4 Å². The number of aliphatic carboxylic acids is 1. The Kier molecular flexibility index (Phi) is 4.70. The zero-order valence-corrected chi connectivity index (χ0v) is 12.9. The molecule has 0 unspecified atom stereocenters. The third kappa shape index (κ3) is 3.65. The molecule has 1 saturated heterocycles. The number of aryl methyl sites for hydroxylation is 1. The molecule has 0 atom stereocenters. The lowest BCUT2D eigenvalue weighted by molar-refractivity contribution is -0.138. The van der Waals surface area contributed by atoms with E-state index in [1.54, 1.807) is 4.90 Å². The van der Waals surface area contributed by atoms with Gasteiger partial charge in [0.2, 0.25) is 0 Å². The molecule has 5 nitrogen and oxygen atoms in total. The van der Waals surface area contributed by atoms with Crippen molar-refractivity contribution >= 4 is 11.9 Å². The van der Waals surface area contributed by atoms with Gasteiger partial charge in [0, 0.05) is 25.4 Å². The monoisotopic (exact) mass is 293 g/mol. The predicted octanol–water partition coefficient (Wildman–Crippen LogP) is 3.04. The number of furan rings is 1. The van der Waals surface area contributed by atoms with Crippen molar-refractivity contribution < 1.29 is 19.1 Å². The van der Waals surface area contributed by atoms with Crippen LogP contribution in [0.4, 0.5) is 0 Å². The third-order valence-corrected chi connectivity index (χ3v) is 4.10.